The molecule has 3 aliphatic carbocycles. The number of hydrogen-bond donors (Lipinski definition) is 2. The van der Waals surface area contributed by atoms with Crippen LogP contribution in [0, 0.1) is 64.1 Å². The summed E-state index contributed by atoms with van der Waals surface area (Å²) in [6.07, 6.45) is 20.8. The van der Waals surface area contributed by atoms with Crippen LogP contribution < -0.4 is 0 Å². The molecule has 2 aliphatic heterocycles. The standard InChI is InChI=1S/C48H72O10/c1-6-7-8-12-18-32(37-29-41(51)57-44(37)53)23-22-31(17-13-10-9-11-14-21-40(49)50)33-26-34-28-38(36(27-33)30(2)3)42-35(43(52)58-45(42)54)19-15-20-39-47(34,4)24-16-25-48(39,5)46(55)56/h12,18,30,32,34-39,42H,6-11,13-17,19-29H2,1-5H3,(H,49,50)(H,55,56)/b18-12+,33-31-. The topological polar surface area (TPSA) is 161 Å². The molecular weight excluding hydrogens is 737 g/mol. The van der Waals surface area contributed by atoms with Crippen molar-refractivity contribution in [3.05, 3.63) is 23.3 Å². The Morgan fingerprint density at radius 2 is 1.55 bits per heavy atom. The Labute approximate surface area is 346 Å². The van der Waals surface area contributed by atoms with Crippen LogP contribution in [0.25, 0.3) is 0 Å². The van der Waals surface area contributed by atoms with Crippen LogP contribution in [0.1, 0.15) is 176 Å². The molecule has 10 atom stereocenters. The molecule has 3 saturated carbocycles. The number of fused-ring (bicyclic) bond motifs is 6. The largest absolute Gasteiger partial charge is 0.481 e. The molecule has 324 valence electrons. The summed E-state index contributed by atoms with van der Waals surface area (Å²) in [4.78, 5) is 76.8. The summed E-state index contributed by atoms with van der Waals surface area (Å²) in [6.45, 7) is 10.9. The molecule has 2 bridgehead atoms. The lowest BCUT2D eigenvalue weighted by molar-refractivity contribution is -0.164. The first-order chi connectivity index (χ1) is 27.6. The zero-order valence-corrected chi connectivity index (χ0v) is 36.1. The molecule has 0 aromatic rings. The van der Waals surface area contributed by atoms with Gasteiger partial charge < -0.3 is 19.7 Å². The van der Waals surface area contributed by atoms with Crippen molar-refractivity contribution in [1.82, 2.24) is 0 Å². The van der Waals surface area contributed by atoms with E-state index in [2.05, 4.69) is 39.8 Å². The van der Waals surface area contributed by atoms with Crippen LogP contribution in [0.4, 0.5) is 0 Å². The fraction of sp³-hybridized carbons (Fsp3) is 0.792. The number of unbranched alkanes of at least 4 members (excludes halogenated alkanes) is 6. The van der Waals surface area contributed by atoms with E-state index in [1.54, 1.807) is 0 Å². The Morgan fingerprint density at radius 3 is 2.21 bits per heavy atom. The highest BCUT2D eigenvalue weighted by Gasteiger charge is 2.59. The molecule has 2 N–H and O–H groups in total. The second kappa shape index (κ2) is 20.3. The maximum absolute atomic E-state index is 13.8. The fourth-order valence-corrected chi connectivity index (χ4v) is 12.3. The van der Waals surface area contributed by atoms with Gasteiger partial charge in [-0.2, -0.15) is 0 Å². The van der Waals surface area contributed by atoms with Gasteiger partial charge in [0.15, 0.2) is 0 Å². The van der Waals surface area contributed by atoms with Crippen LogP contribution in [-0.4, -0.2) is 46.0 Å². The molecule has 10 unspecified atom stereocenters. The third kappa shape index (κ3) is 10.5. The third-order valence-corrected chi connectivity index (χ3v) is 15.7. The highest BCUT2D eigenvalue weighted by Crippen LogP contribution is 2.62. The predicted molar refractivity (Wildman–Crippen MR) is 220 cm³/mol. The van der Waals surface area contributed by atoms with E-state index < -0.39 is 59.0 Å². The zero-order valence-electron chi connectivity index (χ0n) is 36.1. The van der Waals surface area contributed by atoms with Gasteiger partial charge in [-0.05, 0) is 131 Å². The molecule has 10 heteroatoms. The van der Waals surface area contributed by atoms with E-state index in [0.717, 1.165) is 89.9 Å². The number of carboxylic acid groups (broad SMARTS) is 2. The molecule has 2 saturated heterocycles. The molecule has 5 aliphatic rings. The highest BCUT2D eigenvalue weighted by molar-refractivity contribution is 5.96. The average Bonchev–Trinajstić information content (AvgIpc) is 3.55. The number of carbonyl (C=O) groups excluding carboxylic acids is 4. The summed E-state index contributed by atoms with van der Waals surface area (Å²) in [7, 11) is 0. The number of carbonyl (C=O) groups is 6. The van der Waals surface area contributed by atoms with Gasteiger partial charge in [0.05, 0.1) is 29.6 Å². The maximum Gasteiger partial charge on any atom is 0.317 e. The average molecular weight is 809 g/mol. The van der Waals surface area contributed by atoms with E-state index in [9.17, 15) is 33.9 Å². The summed E-state index contributed by atoms with van der Waals surface area (Å²) in [5.41, 5.74) is 1.55. The van der Waals surface area contributed by atoms with E-state index in [0.29, 0.717) is 38.5 Å². The number of hydrogen-bond acceptors (Lipinski definition) is 8. The summed E-state index contributed by atoms with van der Waals surface area (Å²) in [6, 6.07) is 0. The predicted octanol–water partition coefficient (Wildman–Crippen LogP) is 10.4. The molecule has 2 heterocycles. The van der Waals surface area contributed by atoms with Crippen molar-refractivity contribution in [2.75, 3.05) is 0 Å². The van der Waals surface area contributed by atoms with E-state index in [-0.39, 0.29) is 53.8 Å². The van der Waals surface area contributed by atoms with E-state index in [1.165, 1.54) is 11.1 Å². The van der Waals surface area contributed by atoms with Gasteiger partial charge in [0.2, 0.25) is 0 Å². The van der Waals surface area contributed by atoms with Gasteiger partial charge in [0.1, 0.15) is 0 Å². The quantitative estimate of drug-likeness (QED) is 0.0590. The second-order valence-corrected chi connectivity index (χ2v) is 19.6. The molecule has 0 radical (unpaired) electrons. The van der Waals surface area contributed by atoms with Crippen molar-refractivity contribution in [3.63, 3.8) is 0 Å². The summed E-state index contributed by atoms with van der Waals surface area (Å²) >= 11 is 0. The summed E-state index contributed by atoms with van der Waals surface area (Å²) in [5, 5.41) is 20.0. The smallest absolute Gasteiger partial charge is 0.317 e. The SMILES string of the molecule is CCCC/C=C/C(CC/C(CCCCCCCC(=O)O)=C1\CC(C(C)C)C2CC(C1)C1(C)CCCC(C)(C(=O)O)C1CCCC1C(=O)OC(=O)C12)C1CC(=O)OC1=O. The van der Waals surface area contributed by atoms with Gasteiger partial charge in [-0.15, -0.1) is 0 Å². The number of carboxylic acids is 2. The number of esters is 4. The van der Waals surface area contributed by atoms with Crippen LogP contribution >= 0.6 is 0 Å². The first-order valence-corrected chi connectivity index (χ1v) is 22.9. The van der Waals surface area contributed by atoms with E-state index in [4.69, 9.17) is 14.6 Å². The number of allylic oxidation sites excluding steroid dienone is 4. The van der Waals surface area contributed by atoms with Gasteiger partial charge in [0.25, 0.3) is 0 Å². The molecule has 0 aromatic carbocycles. The normalized spacial score (nSPS) is 34.3. The summed E-state index contributed by atoms with van der Waals surface area (Å²) < 4.78 is 10.5. The maximum atomic E-state index is 13.8. The minimum Gasteiger partial charge on any atom is -0.481 e. The molecule has 10 nitrogen and oxygen atoms in total. The van der Waals surface area contributed by atoms with Crippen molar-refractivity contribution >= 4 is 35.8 Å². The molecular formula is C48H72O10. The lowest BCUT2D eigenvalue weighted by Crippen LogP contribution is -2.52. The van der Waals surface area contributed by atoms with Crippen molar-refractivity contribution < 1.29 is 48.5 Å². The molecule has 58 heavy (non-hydrogen) atoms. The van der Waals surface area contributed by atoms with Crippen LogP contribution in [0.2, 0.25) is 0 Å². The molecule has 5 rings (SSSR count). The van der Waals surface area contributed by atoms with Crippen molar-refractivity contribution in [2.45, 2.75) is 176 Å². The van der Waals surface area contributed by atoms with E-state index in [1.807, 2.05) is 6.92 Å². The van der Waals surface area contributed by atoms with Gasteiger partial charge in [0, 0.05) is 6.42 Å². The molecule has 0 aromatic heterocycles. The minimum atomic E-state index is -0.894. The first-order valence-electron chi connectivity index (χ1n) is 22.9. The summed E-state index contributed by atoms with van der Waals surface area (Å²) in [5.74, 6) is -4.67. The van der Waals surface area contributed by atoms with Crippen molar-refractivity contribution in [3.8, 4) is 0 Å². The Morgan fingerprint density at radius 1 is 0.828 bits per heavy atom. The fourth-order valence-electron chi connectivity index (χ4n) is 12.3. The van der Waals surface area contributed by atoms with Crippen molar-refractivity contribution in [1.29, 1.82) is 0 Å². The second-order valence-electron chi connectivity index (χ2n) is 19.6. The van der Waals surface area contributed by atoms with Crippen LogP contribution in [0.5, 0.6) is 0 Å². The lowest BCUT2D eigenvalue weighted by Gasteiger charge is -2.55. The molecule has 0 spiro atoms. The number of ether oxygens (including phenoxy) is 2. The van der Waals surface area contributed by atoms with Crippen LogP contribution in [0.3, 0.4) is 0 Å². The van der Waals surface area contributed by atoms with Crippen LogP contribution in [0.15, 0.2) is 23.3 Å². The minimum absolute atomic E-state index is 0.0796. The number of rotatable bonds is 18. The van der Waals surface area contributed by atoms with Crippen LogP contribution in [-0.2, 0) is 38.2 Å². The lowest BCUT2D eigenvalue weighted by atomic mass is 9.48. The monoisotopic (exact) mass is 809 g/mol. The Hall–Kier alpha value is -3.30. The number of aliphatic carboxylic acids is 2. The van der Waals surface area contributed by atoms with Gasteiger partial charge >= 0.3 is 35.8 Å². The van der Waals surface area contributed by atoms with Gasteiger partial charge in [-0.3, -0.25) is 28.8 Å². The zero-order chi connectivity index (χ0) is 42.2. The van der Waals surface area contributed by atoms with E-state index >= 15 is 0 Å². The number of cyclic esters (lactones) is 4. The Bertz CT molecular complexity index is 1570. The molecule has 0 amide bonds. The highest BCUT2D eigenvalue weighted by atomic mass is 16.6. The van der Waals surface area contributed by atoms with Gasteiger partial charge in [-0.25, -0.2) is 0 Å². The molecule has 5 fully saturated rings. The Kier molecular flexibility index (Phi) is 16.0. The van der Waals surface area contributed by atoms with Gasteiger partial charge in [-0.1, -0.05) is 95.9 Å². The third-order valence-electron chi connectivity index (χ3n) is 15.7. The Balaban J connectivity index is 1.58. The first kappa shape index (κ1) is 45.8. The van der Waals surface area contributed by atoms with Crippen molar-refractivity contribution in [2.24, 2.45) is 64.1 Å².